The smallest absolute Gasteiger partial charge is 0.338 e. The van der Waals surface area contributed by atoms with Crippen LogP contribution < -0.4 is 16.0 Å². The first kappa shape index (κ1) is 87.2. The molecule has 6 aliphatic heterocycles. The van der Waals surface area contributed by atoms with E-state index in [0.29, 0.717) is 149 Å². The molecule has 6 N–H and O–H groups in total. The van der Waals surface area contributed by atoms with Gasteiger partial charge >= 0.3 is 35.8 Å². The number of morpholine rings is 1. The van der Waals surface area contributed by atoms with Crippen LogP contribution in [-0.4, -0.2) is 212 Å². The lowest BCUT2D eigenvalue weighted by Crippen LogP contribution is -2.51. The van der Waals surface area contributed by atoms with E-state index in [1.807, 2.05) is 23.1 Å². The minimum Gasteiger partial charge on any atom is -0.481 e. The van der Waals surface area contributed by atoms with Crippen molar-refractivity contribution in [3.63, 3.8) is 0 Å². The summed E-state index contributed by atoms with van der Waals surface area (Å²) in [6.07, 6.45) is 5.97. The fraction of sp³-hybridized carbons (Fsp3) is 0.447. The van der Waals surface area contributed by atoms with Crippen molar-refractivity contribution in [1.29, 1.82) is 0 Å². The van der Waals surface area contributed by atoms with Crippen molar-refractivity contribution in [1.82, 2.24) is 45.6 Å². The minimum absolute atomic E-state index is 0.0192. The Morgan fingerprint density at radius 1 is 0.580 bits per heavy atom. The van der Waals surface area contributed by atoms with Crippen molar-refractivity contribution in [3.8, 4) is 0 Å². The summed E-state index contributed by atoms with van der Waals surface area (Å²) in [4.78, 5) is 109. The number of halogens is 6. The Labute approximate surface area is 692 Å². The molecule has 12 rings (SSSR count). The second-order valence-corrected chi connectivity index (χ2v) is 34.9. The highest BCUT2D eigenvalue weighted by Gasteiger charge is 2.42. The third-order valence-corrected chi connectivity index (χ3v) is 25.7. The number of aliphatic carboxylic acids is 3. The van der Waals surface area contributed by atoms with E-state index in [4.69, 9.17) is 33.9 Å². The van der Waals surface area contributed by atoms with Crippen molar-refractivity contribution < 1.29 is 76.2 Å². The normalized spacial score (nSPS) is 21.0. The van der Waals surface area contributed by atoms with E-state index in [9.17, 15) is 57.3 Å². The van der Waals surface area contributed by atoms with Crippen LogP contribution in [0.4, 0.5) is 13.2 Å². The topological polar surface area (TPSA) is 322 Å². The molecule has 0 saturated carbocycles. The number of thioether (sulfide) groups is 2. The first-order chi connectivity index (χ1) is 53.7. The van der Waals surface area contributed by atoms with Gasteiger partial charge in [0.1, 0.15) is 35.6 Å². The summed E-state index contributed by atoms with van der Waals surface area (Å²) < 4.78 is 65.4. The summed E-state index contributed by atoms with van der Waals surface area (Å²) in [6.45, 7) is 16.8. The number of carboxylic acids is 3. The molecule has 0 spiro atoms. The van der Waals surface area contributed by atoms with E-state index in [2.05, 4.69) is 93.4 Å². The molecule has 112 heavy (non-hydrogen) atoms. The molecule has 3 unspecified atom stereocenters. The van der Waals surface area contributed by atoms with Crippen LogP contribution in [0.2, 0.25) is 0 Å². The molecule has 3 fully saturated rings. The molecule has 36 heteroatoms. The largest absolute Gasteiger partial charge is 0.481 e. The van der Waals surface area contributed by atoms with Crippen molar-refractivity contribution in [3.05, 3.63) is 186 Å². The van der Waals surface area contributed by atoms with Crippen molar-refractivity contribution in [2.45, 2.75) is 104 Å². The molecule has 0 bridgehead atoms. The average Bonchev–Trinajstić information content (AvgIpc) is 1.44. The Balaban J connectivity index is 0.000000178. The van der Waals surface area contributed by atoms with Gasteiger partial charge in [-0.1, -0.05) is 79.8 Å². The highest BCUT2D eigenvalue weighted by atomic mass is 79.9. The third kappa shape index (κ3) is 22.4. The van der Waals surface area contributed by atoms with Gasteiger partial charge in [-0.2, -0.15) is 23.5 Å². The van der Waals surface area contributed by atoms with Crippen LogP contribution in [0.15, 0.2) is 152 Å². The molecule has 9 heterocycles. The average molecular weight is 1830 g/mol. The molecular weight excluding hydrogens is 1750 g/mol. The zero-order valence-electron chi connectivity index (χ0n) is 62.3. The van der Waals surface area contributed by atoms with Gasteiger partial charge in [0.2, 0.25) is 0 Å². The second kappa shape index (κ2) is 40.9. The fourth-order valence-electron chi connectivity index (χ4n) is 13.5. The van der Waals surface area contributed by atoms with E-state index < -0.39 is 82.7 Å². The highest BCUT2D eigenvalue weighted by molar-refractivity contribution is 9.11. The number of aliphatic imine (C=N–C) groups is 3. The number of benzene rings is 3. The molecule has 3 aromatic heterocycles. The number of amidine groups is 3. The number of carbonyl (C=O) groups excluding carboxylic acids is 3. The second-order valence-electron chi connectivity index (χ2n) is 27.3. The van der Waals surface area contributed by atoms with Gasteiger partial charge in [0, 0.05) is 152 Å². The molecule has 0 amide bonds. The van der Waals surface area contributed by atoms with Crippen LogP contribution in [0.25, 0.3) is 0 Å². The molecular formula is C76H86Br3F3N12O13S5. The van der Waals surface area contributed by atoms with Crippen molar-refractivity contribution in [2.75, 3.05) is 95.3 Å². The molecule has 6 aliphatic rings. The maximum absolute atomic E-state index is 14.0. The number of thiazole rings is 3. The highest BCUT2D eigenvalue weighted by Crippen LogP contribution is 2.42. The van der Waals surface area contributed by atoms with Crippen molar-refractivity contribution >= 4 is 159 Å². The number of esters is 3. The Hall–Kier alpha value is -7.23. The lowest BCUT2D eigenvalue weighted by molar-refractivity contribution is -0.149. The number of aromatic nitrogens is 3. The van der Waals surface area contributed by atoms with Gasteiger partial charge in [0.25, 0.3) is 0 Å². The number of hydrogen-bond acceptors (Lipinski definition) is 27. The Kier molecular flexibility index (Phi) is 31.8. The summed E-state index contributed by atoms with van der Waals surface area (Å²) >= 11 is 18.2. The maximum Gasteiger partial charge on any atom is 0.338 e. The van der Waals surface area contributed by atoms with Gasteiger partial charge in [-0.05, 0) is 106 Å². The number of hydrogen-bond donors (Lipinski definition) is 6. The molecule has 8 atom stereocenters. The Morgan fingerprint density at radius 3 is 1.34 bits per heavy atom. The number of nitrogens with zero attached hydrogens (tertiary/aromatic N) is 9. The number of ether oxygens (including phenoxy) is 4. The fourth-order valence-corrected chi connectivity index (χ4v) is 19.4. The number of nitrogens with one attached hydrogen (secondary N) is 3. The van der Waals surface area contributed by atoms with E-state index in [0.717, 1.165) is 36.1 Å². The zero-order valence-corrected chi connectivity index (χ0v) is 71.1. The van der Waals surface area contributed by atoms with Gasteiger partial charge in [0.05, 0.1) is 61.1 Å². The molecule has 0 aliphatic carbocycles. The Morgan fingerprint density at radius 2 is 0.973 bits per heavy atom. The van der Waals surface area contributed by atoms with Crippen molar-refractivity contribution in [2.24, 2.45) is 32.2 Å². The lowest BCUT2D eigenvalue weighted by atomic mass is 9.85. The molecule has 3 aromatic carbocycles. The maximum atomic E-state index is 14.0. The van der Waals surface area contributed by atoms with Gasteiger partial charge in [-0.15, -0.1) is 34.0 Å². The number of carboxylic acid groups (broad SMARTS) is 3. The van der Waals surface area contributed by atoms with Gasteiger partial charge in [-0.3, -0.25) is 44.1 Å². The first-order valence-electron chi connectivity index (χ1n) is 36.1. The van der Waals surface area contributed by atoms with Gasteiger partial charge < -0.3 is 50.2 Å². The summed E-state index contributed by atoms with van der Waals surface area (Å²) in [5, 5.41) is 46.1. The van der Waals surface area contributed by atoms with E-state index >= 15 is 0 Å². The molecule has 6 aromatic rings. The minimum atomic E-state index is -0.961. The molecule has 25 nitrogen and oxygen atoms in total. The SMILES string of the molecule is CCOC(=O)C1=C(CN2CCOCC2CC(C)(C)C(=O)O)NC(c2nccs2)=N[C@H]1c1ccc(F)cc1Br.CCOC(=O)C1=C(CN2CCSC[C@H]2C(C)CC(=O)O)NC(c2nccs2)=N[C@H]1c1ccc(F)cc1Br.CCOC(=O)C1=C(CN2CCSC[C@H]2CC(C)C(=O)O)NC(c2nccs2)=N[C@H]1c1ccc(F)cc1Br. The standard InChI is InChI=1S/C26H30BrFN4O5S.2C25H28BrFN4O4S2/c1-4-37-24(33)20-19(13-32-8-9-36-14-16(32)12-26(2,3)25(34)35)30-22(23-29-7-10-38-23)31-21(20)17-6-5-15(28)11-18(17)27;1-3-35-25(34)20-19(12-31-7-9-36-13-16(31)10-14(2)24(32)33)29-22(23-28-6-8-37-23)30-21(20)17-5-4-15(27)11-18(17)26;1-3-35-25(34)21-18(12-31-7-9-36-13-19(31)14(2)10-20(32)33)29-23(24-28-6-8-37-24)30-22(21)16-5-4-15(27)11-17(16)26/h5-7,10-11,16,21H,4,8-9,12-14H2,1-3H3,(H,30,31)(H,34,35);4-6,8,11,14,16,21H,3,7,9-10,12-13H2,1-2H3,(H,29,30)(H,32,33);4-6,8,11,14,19,22H,3,7,9-10,12-13H2,1-2H3,(H,29,30)(H,32,33)/t16?,21-;14?,16-,21+;14?,19-,22-/m010/s1. The van der Waals surface area contributed by atoms with E-state index in [-0.39, 0.29) is 50.3 Å². The summed E-state index contributed by atoms with van der Waals surface area (Å²) in [5.41, 5.74) is 3.72. The van der Waals surface area contributed by atoms with Crippen LogP contribution in [0.5, 0.6) is 0 Å². The number of rotatable bonds is 27. The van der Waals surface area contributed by atoms with Crippen LogP contribution in [-0.2, 0) is 47.7 Å². The van der Waals surface area contributed by atoms with Crippen LogP contribution >= 0.6 is 105 Å². The monoisotopic (exact) mass is 1830 g/mol. The van der Waals surface area contributed by atoms with Gasteiger partial charge in [0.15, 0.2) is 32.5 Å². The molecule has 3 saturated heterocycles. The quantitative estimate of drug-likeness (QED) is 0.0206. The van der Waals surface area contributed by atoms with Crippen LogP contribution in [0.1, 0.15) is 118 Å². The molecule has 0 radical (unpaired) electrons. The Bertz CT molecular complexity index is 4560. The summed E-state index contributed by atoms with van der Waals surface area (Å²) in [6, 6.07) is 10.5. The summed E-state index contributed by atoms with van der Waals surface area (Å²) in [5.74, 6) is -0.942. The van der Waals surface area contributed by atoms with Gasteiger partial charge in [-0.25, -0.2) is 42.5 Å². The van der Waals surface area contributed by atoms with Crippen LogP contribution in [0, 0.1) is 34.7 Å². The molecule has 600 valence electrons. The summed E-state index contributed by atoms with van der Waals surface area (Å²) in [7, 11) is 0. The zero-order chi connectivity index (χ0) is 80.5. The lowest BCUT2D eigenvalue weighted by Gasteiger charge is -2.40. The predicted octanol–water partition coefficient (Wildman–Crippen LogP) is 13.1. The van der Waals surface area contributed by atoms with Crippen LogP contribution in [0.3, 0.4) is 0 Å². The third-order valence-electron chi connectivity index (χ3n) is 19.1. The number of carbonyl (C=O) groups is 6. The van der Waals surface area contributed by atoms with E-state index in [1.165, 1.54) is 70.4 Å². The first-order valence-corrected chi connectivity index (χ1v) is 43.4. The predicted molar refractivity (Wildman–Crippen MR) is 437 cm³/mol. The van der Waals surface area contributed by atoms with E-state index in [1.54, 1.807) is 102 Å².